The van der Waals surface area contributed by atoms with Crippen LogP contribution >= 0.6 is 0 Å². The molecule has 4 aromatic rings. The van der Waals surface area contributed by atoms with E-state index < -0.39 is 11.6 Å². The van der Waals surface area contributed by atoms with Crippen LogP contribution in [0.15, 0.2) is 79.4 Å². The number of para-hydroxylation sites is 2. The summed E-state index contributed by atoms with van der Waals surface area (Å²) in [5.41, 5.74) is 2.33. The Kier molecular flexibility index (Phi) is 3.14. The Morgan fingerprint density at radius 3 is 2.03 bits per heavy atom. The van der Waals surface area contributed by atoms with Gasteiger partial charge in [-0.05, 0) is 12.1 Å². The molecule has 0 fully saturated rings. The summed E-state index contributed by atoms with van der Waals surface area (Å²) in [6, 6.07) is 20.9. The molecule has 0 N–H and O–H groups in total. The van der Waals surface area contributed by atoms with Gasteiger partial charge in [0, 0.05) is 22.3 Å². The van der Waals surface area contributed by atoms with Gasteiger partial charge in [0.15, 0.2) is 11.4 Å². The molecule has 2 aliphatic rings. The van der Waals surface area contributed by atoms with E-state index in [0.717, 1.165) is 16.7 Å². The topological polar surface area (TPSA) is 74.2 Å². The number of esters is 1. The van der Waals surface area contributed by atoms with Crippen molar-refractivity contribution >= 4 is 5.97 Å². The van der Waals surface area contributed by atoms with Gasteiger partial charge in [0.1, 0.15) is 24.2 Å². The Labute approximate surface area is 165 Å². The van der Waals surface area contributed by atoms with Gasteiger partial charge in [-0.15, -0.1) is 0 Å². The second-order valence-electron chi connectivity index (χ2n) is 6.86. The average molecular weight is 379 g/mol. The van der Waals surface area contributed by atoms with E-state index in [1.54, 1.807) is 0 Å². The maximum Gasteiger partial charge on any atom is 0.340 e. The Balaban J connectivity index is 1.71. The highest BCUT2D eigenvalue weighted by atomic mass is 16.6. The van der Waals surface area contributed by atoms with Gasteiger partial charge in [0.2, 0.25) is 0 Å². The van der Waals surface area contributed by atoms with Crippen LogP contribution in [0.25, 0.3) is 11.4 Å². The van der Waals surface area contributed by atoms with Crippen LogP contribution < -0.4 is 4.74 Å². The van der Waals surface area contributed by atoms with Crippen molar-refractivity contribution in [3.8, 4) is 22.9 Å². The van der Waals surface area contributed by atoms with Crippen molar-refractivity contribution in [2.45, 2.75) is 5.60 Å². The highest BCUT2D eigenvalue weighted by molar-refractivity contribution is 6.02. The molecular formula is C23H13N3O3. The Hall–Kier alpha value is -4.06. The highest BCUT2D eigenvalue weighted by Crippen LogP contribution is 2.56. The molecule has 6 nitrogen and oxygen atoms in total. The number of ether oxygens (including phenoxy) is 2. The predicted molar refractivity (Wildman–Crippen MR) is 104 cm³/mol. The summed E-state index contributed by atoms with van der Waals surface area (Å²) in [7, 11) is 0. The third-order valence-electron chi connectivity index (χ3n) is 5.38. The largest absolute Gasteiger partial charge is 0.456 e. The molecule has 1 spiro atoms. The van der Waals surface area contributed by atoms with Crippen LogP contribution in [0.1, 0.15) is 27.0 Å². The minimum Gasteiger partial charge on any atom is -0.456 e. The first-order valence-electron chi connectivity index (χ1n) is 9.15. The number of hydrogen-bond donors (Lipinski definition) is 0. The quantitative estimate of drug-likeness (QED) is 0.464. The molecule has 0 radical (unpaired) electrons. The van der Waals surface area contributed by atoms with Gasteiger partial charge in [-0.3, -0.25) is 0 Å². The van der Waals surface area contributed by atoms with Crippen LogP contribution in [0.5, 0.6) is 11.5 Å². The Morgan fingerprint density at radius 1 is 0.724 bits per heavy atom. The first kappa shape index (κ1) is 15.9. The molecule has 1 aromatic heterocycles. The van der Waals surface area contributed by atoms with E-state index in [1.165, 1.54) is 12.7 Å². The monoisotopic (exact) mass is 379 g/mol. The summed E-state index contributed by atoms with van der Waals surface area (Å²) < 4.78 is 12.3. The maximum atomic E-state index is 13.2. The lowest BCUT2D eigenvalue weighted by molar-refractivity contribution is 0.0224. The van der Waals surface area contributed by atoms with Crippen LogP contribution in [-0.2, 0) is 10.3 Å². The molecule has 0 saturated heterocycles. The van der Waals surface area contributed by atoms with E-state index in [4.69, 9.17) is 9.47 Å². The molecule has 2 aliphatic heterocycles. The zero-order valence-electron chi connectivity index (χ0n) is 15.1. The minimum absolute atomic E-state index is 0.414. The summed E-state index contributed by atoms with van der Waals surface area (Å²) in [6.07, 6.45) is 2.83. The first-order valence-corrected chi connectivity index (χ1v) is 9.15. The summed E-state index contributed by atoms with van der Waals surface area (Å²) in [6.45, 7) is 0. The van der Waals surface area contributed by atoms with Crippen LogP contribution in [0, 0.1) is 0 Å². The molecule has 138 valence electrons. The third-order valence-corrected chi connectivity index (χ3v) is 5.38. The number of nitrogens with zero attached hydrogens (tertiary/aromatic N) is 3. The van der Waals surface area contributed by atoms with Crippen molar-refractivity contribution in [2.24, 2.45) is 0 Å². The SMILES string of the molecule is O=C1OC2(c3ccccc3Oc3ccccc32)c2cccc(-c3ncncn3)c21. The lowest BCUT2D eigenvalue weighted by Gasteiger charge is -2.36. The zero-order valence-corrected chi connectivity index (χ0v) is 15.1. The van der Waals surface area contributed by atoms with Crippen LogP contribution in [0.4, 0.5) is 0 Å². The third kappa shape index (κ3) is 2.05. The molecular weight excluding hydrogens is 366 g/mol. The van der Waals surface area contributed by atoms with Gasteiger partial charge >= 0.3 is 5.97 Å². The molecule has 0 bridgehead atoms. The molecule has 0 unspecified atom stereocenters. The van der Waals surface area contributed by atoms with Crippen molar-refractivity contribution < 1.29 is 14.3 Å². The van der Waals surface area contributed by atoms with E-state index in [9.17, 15) is 4.79 Å². The van der Waals surface area contributed by atoms with Gasteiger partial charge in [-0.1, -0.05) is 54.6 Å². The zero-order chi connectivity index (χ0) is 19.4. The number of rotatable bonds is 1. The number of hydrogen-bond acceptors (Lipinski definition) is 6. The molecule has 3 aromatic carbocycles. The fourth-order valence-electron chi connectivity index (χ4n) is 4.23. The van der Waals surface area contributed by atoms with Gasteiger partial charge in [0.05, 0.1) is 5.56 Å². The number of aromatic nitrogens is 3. The van der Waals surface area contributed by atoms with E-state index in [2.05, 4.69) is 15.0 Å². The second kappa shape index (κ2) is 5.72. The highest BCUT2D eigenvalue weighted by Gasteiger charge is 2.54. The van der Waals surface area contributed by atoms with Gasteiger partial charge in [-0.2, -0.15) is 0 Å². The maximum absolute atomic E-state index is 13.2. The fraction of sp³-hybridized carbons (Fsp3) is 0.0435. The lowest BCUT2D eigenvalue weighted by Crippen LogP contribution is -2.32. The Bertz CT molecular complexity index is 1240. The summed E-state index contributed by atoms with van der Waals surface area (Å²) >= 11 is 0. The smallest absolute Gasteiger partial charge is 0.340 e. The molecule has 29 heavy (non-hydrogen) atoms. The summed E-state index contributed by atoms with van der Waals surface area (Å²) in [4.78, 5) is 25.5. The van der Waals surface area contributed by atoms with E-state index in [-0.39, 0.29) is 0 Å². The van der Waals surface area contributed by atoms with Crippen molar-refractivity contribution in [2.75, 3.05) is 0 Å². The standard InChI is InChI=1S/C23H13N3O3/c27-22-20-14(21-25-12-24-13-26-21)6-5-9-17(20)23(29-22)15-7-1-3-10-18(15)28-19-11-4-2-8-16(19)23/h1-13H. The van der Waals surface area contributed by atoms with Crippen molar-refractivity contribution in [1.82, 2.24) is 15.0 Å². The van der Waals surface area contributed by atoms with E-state index in [1.807, 2.05) is 66.7 Å². The Morgan fingerprint density at radius 2 is 1.34 bits per heavy atom. The van der Waals surface area contributed by atoms with Gasteiger partial charge in [0.25, 0.3) is 0 Å². The lowest BCUT2D eigenvalue weighted by atomic mass is 9.77. The summed E-state index contributed by atoms with van der Waals surface area (Å²) in [5.74, 6) is 1.34. The molecule has 3 heterocycles. The van der Waals surface area contributed by atoms with Crippen molar-refractivity contribution in [1.29, 1.82) is 0 Å². The van der Waals surface area contributed by atoms with Gasteiger partial charge in [-0.25, -0.2) is 19.7 Å². The number of carbonyl (C=O) groups is 1. The number of carbonyl (C=O) groups excluding carboxylic acids is 1. The average Bonchev–Trinajstić information content (AvgIpc) is 3.08. The van der Waals surface area contributed by atoms with Crippen LogP contribution in [-0.4, -0.2) is 20.9 Å². The van der Waals surface area contributed by atoms with Gasteiger partial charge < -0.3 is 9.47 Å². The van der Waals surface area contributed by atoms with Crippen LogP contribution in [0.2, 0.25) is 0 Å². The van der Waals surface area contributed by atoms with Crippen LogP contribution in [0.3, 0.4) is 0 Å². The molecule has 0 saturated carbocycles. The molecule has 6 rings (SSSR count). The minimum atomic E-state index is -1.08. The van der Waals surface area contributed by atoms with E-state index >= 15 is 0 Å². The molecule has 0 aliphatic carbocycles. The number of fused-ring (bicyclic) bond motifs is 6. The van der Waals surface area contributed by atoms with Crippen molar-refractivity contribution in [3.05, 3.63) is 102 Å². The fourth-order valence-corrected chi connectivity index (χ4v) is 4.23. The van der Waals surface area contributed by atoms with Crippen molar-refractivity contribution in [3.63, 3.8) is 0 Å². The molecule has 0 amide bonds. The summed E-state index contributed by atoms with van der Waals surface area (Å²) in [5, 5.41) is 0. The second-order valence-corrected chi connectivity index (χ2v) is 6.86. The number of benzene rings is 3. The predicted octanol–water partition coefficient (Wildman–Crippen LogP) is 4.11. The first-order chi connectivity index (χ1) is 14.3. The molecule has 0 atom stereocenters. The van der Waals surface area contributed by atoms with E-state index in [0.29, 0.717) is 28.5 Å². The normalized spacial score (nSPS) is 15.1. The molecule has 6 heteroatoms.